The summed E-state index contributed by atoms with van der Waals surface area (Å²) in [6, 6.07) is 69.2. The number of rotatable bonds is 7. The summed E-state index contributed by atoms with van der Waals surface area (Å²) in [5, 5.41) is 2.04. The molecule has 0 spiro atoms. The van der Waals surface area contributed by atoms with Crippen LogP contribution < -0.4 is 0 Å². The molecule has 0 bridgehead atoms. The molecule has 55 heavy (non-hydrogen) atoms. The van der Waals surface area contributed by atoms with Gasteiger partial charge >= 0.3 is 0 Å². The van der Waals surface area contributed by atoms with Crippen LogP contribution in [0, 0.1) is 0 Å². The molecule has 0 radical (unpaired) electrons. The normalized spacial score (nSPS) is 11.3. The van der Waals surface area contributed by atoms with Gasteiger partial charge in [0.15, 0.2) is 17.5 Å². The molecule has 2 aromatic heterocycles. The first kappa shape index (κ1) is 32.2. The van der Waals surface area contributed by atoms with E-state index in [-0.39, 0.29) is 0 Å². The number of hydrogen-bond acceptors (Lipinski definition) is 4. The van der Waals surface area contributed by atoms with Crippen molar-refractivity contribution in [3.8, 4) is 78.7 Å². The molecule has 0 amide bonds. The Hall–Kier alpha value is -7.43. The topological polar surface area (TPSA) is 51.8 Å². The van der Waals surface area contributed by atoms with Gasteiger partial charge in [0.05, 0.1) is 5.56 Å². The van der Waals surface area contributed by atoms with Gasteiger partial charge in [-0.1, -0.05) is 176 Å². The monoisotopic (exact) mass is 703 g/mol. The molecular formula is C51H33N3O. The van der Waals surface area contributed by atoms with Crippen molar-refractivity contribution in [2.45, 2.75) is 0 Å². The lowest BCUT2D eigenvalue weighted by atomic mass is 9.95. The summed E-state index contributed by atoms with van der Waals surface area (Å²) < 4.78 is 6.95. The van der Waals surface area contributed by atoms with E-state index in [0.717, 1.165) is 83.1 Å². The quantitative estimate of drug-likeness (QED) is 0.166. The van der Waals surface area contributed by atoms with Crippen molar-refractivity contribution in [1.29, 1.82) is 0 Å². The predicted molar refractivity (Wildman–Crippen MR) is 225 cm³/mol. The van der Waals surface area contributed by atoms with Crippen LogP contribution in [0.25, 0.3) is 101 Å². The second-order valence-corrected chi connectivity index (χ2v) is 13.6. The Morgan fingerprint density at radius 1 is 0.255 bits per heavy atom. The third-order valence-corrected chi connectivity index (χ3v) is 10.1. The molecule has 4 heteroatoms. The Morgan fingerprint density at radius 2 is 0.709 bits per heavy atom. The van der Waals surface area contributed by atoms with Gasteiger partial charge in [-0.25, -0.2) is 15.0 Å². The van der Waals surface area contributed by atoms with E-state index in [1.54, 1.807) is 0 Å². The Labute approximate surface area is 319 Å². The molecule has 0 aliphatic rings. The molecule has 0 fully saturated rings. The van der Waals surface area contributed by atoms with E-state index in [1.807, 2.05) is 30.3 Å². The lowest BCUT2D eigenvalue weighted by Gasteiger charge is -2.10. The van der Waals surface area contributed by atoms with Crippen LogP contribution in [0.1, 0.15) is 0 Å². The van der Waals surface area contributed by atoms with Gasteiger partial charge in [0.2, 0.25) is 0 Å². The van der Waals surface area contributed by atoms with Gasteiger partial charge in [0.25, 0.3) is 0 Å². The molecule has 0 atom stereocenters. The van der Waals surface area contributed by atoms with Crippen LogP contribution in [-0.4, -0.2) is 15.0 Å². The average molecular weight is 704 g/mol. The van der Waals surface area contributed by atoms with Gasteiger partial charge in [0, 0.05) is 27.5 Å². The number of benzene rings is 8. The van der Waals surface area contributed by atoms with E-state index in [9.17, 15) is 0 Å². The van der Waals surface area contributed by atoms with E-state index >= 15 is 0 Å². The maximum absolute atomic E-state index is 6.95. The fourth-order valence-corrected chi connectivity index (χ4v) is 7.37. The number of fused-ring (bicyclic) bond motifs is 3. The van der Waals surface area contributed by atoms with Crippen molar-refractivity contribution in [2.24, 2.45) is 0 Å². The SMILES string of the molecule is c1ccc(-c2ccc(-c3nc(-c4cccc(-c5ccccc5)c4)nc(-c4cccc5c4oc4c(-c6ccccc6)cc(-c6ccccc6)cc45)n3)cc2)cc1. The molecule has 10 rings (SSSR count). The number of nitrogens with zero attached hydrogens (tertiary/aromatic N) is 3. The molecule has 10 aromatic rings. The van der Waals surface area contributed by atoms with Crippen LogP contribution in [-0.2, 0) is 0 Å². The van der Waals surface area contributed by atoms with Crippen molar-refractivity contribution >= 4 is 21.9 Å². The Balaban J connectivity index is 1.18. The maximum Gasteiger partial charge on any atom is 0.167 e. The molecule has 0 saturated carbocycles. The summed E-state index contributed by atoms with van der Waals surface area (Å²) in [5.41, 5.74) is 13.1. The van der Waals surface area contributed by atoms with Crippen molar-refractivity contribution < 1.29 is 4.42 Å². The minimum absolute atomic E-state index is 0.548. The first-order valence-corrected chi connectivity index (χ1v) is 18.4. The fourth-order valence-electron chi connectivity index (χ4n) is 7.37. The van der Waals surface area contributed by atoms with Crippen LogP contribution in [0.4, 0.5) is 0 Å². The van der Waals surface area contributed by atoms with E-state index in [1.165, 1.54) is 0 Å². The molecular weight excluding hydrogens is 671 g/mol. The molecule has 0 N–H and O–H groups in total. The Morgan fingerprint density at radius 3 is 1.36 bits per heavy atom. The first-order valence-electron chi connectivity index (χ1n) is 18.4. The minimum atomic E-state index is 0.548. The van der Waals surface area contributed by atoms with Crippen LogP contribution in [0.3, 0.4) is 0 Å². The summed E-state index contributed by atoms with van der Waals surface area (Å²) in [6.07, 6.45) is 0. The zero-order valence-electron chi connectivity index (χ0n) is 29.8. The summed E-state index contributed by atoms with van der Waals surface area (Å²) >= 11 is 0. The molecule has 4 nitrogen and oxygen atoms in total. The van der Waals surface area contributed by atoms with Crippen LogP contribution in [0.15, 0.2) is 205 Å². The van der Waals surface area contributed by atoms with Crippen molar-refractivity contribution in [3.63, 3.8) is 0 Å². The zero-order valence-corrected chi connectivity index (χ0v) is 29.8. The van der Waals surface area contributed by atoms with Crippen LogP contribution in [0.2, 0.25) is 0 Å². The molecule has 0 unspecified atom stereocenters. The van der Waals surface area contributed by atoms with Gasteiger partial charge in [-0.15, -0.1) is 0 Å². The standard InChI is InChI=1S/C51H33N3O/c1-5-15-34(16-6-1)37-27-29-39(30-28-37)49-52-50(41-24-13-23-40(31-41)35-17-7-2-8-18-35)54-51(53-49)44-26-14-25-43-46-33-42(36-19-9-3-10-20-36)32-45(48(46)55-47(43)44)38-21-11-4-12-22-38/h1-33H. The van der Waals surface area contributed by atoms with Gasteiger partial charge < -0.3 is 4.42 Å². The Kier molecular flexibility index (Phi) is 8.12. The minimum Gasteiger partial charge on any atom is -0.455 e. The second kappa shape index (κ2) is 13.8. The lowest BCUT2D eigenvalue weighted by Crippen LogP contribution is -2.00. The van der Waals surface area contributed by atoms with Crippen LogP contribution >= 0.6 is 0 Å². The molecule has 0 aliphatic heterocycles. The number of aromatic nitrogens is 3. The van der Waals surface area contributed by atoms with Crippen molar-refractivity contribution in [2.75, 3.05) is 0 Å². The van der Waals surface area contributed by atoms with E-state index in [0.29, 0.717) is 17.5 Å². The predicted octanol–water partition coefficient (Wildman–Crippen LogP) is 13.4. The highest BCUT2D eigenvalue weighted by Crippen LogP contribution is 2.42. The first-order chi connectivity index (χ1) is 27.2. The second-order valence-electron chi connectivity index (χ2n) is 13.6. The zero-order chi connectivity index (χ0) is 36.6. The summed E-state index contributed by atoms with van der Waals surface area (Å²) in [7, 11) is 0. The van der Waals surface area contributed by atoms with Gasteiger partial charge in [0.1, 0.15) is 11.2 Å². The van der Waals surface area contributed by atoms with E-state index in [4.69, 9.17) is 19.4 Å². The molecule has 8 aromatic carbocycles. The summed E-state index contributed by atoms with van der Waals surface area (Å²) in [6.45, 7) is 0. The van der Waals surface area contributed by atoms with Gasteiger partial charge in [-0.2, -0.15) is 0 Å². The third-order valence-electron chi connectivity index (χ3n) is 10.1. The average Bonchev–Trinajstić information content (AvgIpc) is 3.66. The number of hydrogen-bond donors (Lipinski definition) is 0. The van der Waals surface area contributed by atoms with Gasteiger partial charge in [-0.3, -0.25) is 0 Å². The maximum atomic E-state index is 6.95. The fraction of sp³-hybridized carbons (Fsp3) is 0. The van der Waals surface area contributed by atoms with Crippen molar-refractivity contribution in [1.82, 2.24) is 15.0 Å². The highest BCUT2D eigenvalue weighted by molar-refractivity contribution is 6.14. The molecule has 0 saturated heterocycles. The summed E-state index contributed by atoms with van der Waals surface area (Å²) in [5.74, 6) is 1.73. The van der Waals surface area contributed by atoms with E-state index in [2.05, 4.69) is 170 Å². The van der Waals surface area contributed by atoms with E-state index < -0.39 is 0 Å². The lowest BCUT2D eigenvalue weighted by molar-refractivity contribution is 0.670. The van der Waals surface area contributed by atoms with Crippen LogP contribution in [0.5, 0.6) is 0 Å². The third kappa shape index (κ3) is 6.16. The van der Waals surface area contributed by atoms with Crippen molar-refractivity contribution in [3.05, 3.63) is 200 Å². The smallest absolute Gasteiger partial charge is 0.167 e. The molecule has 2 heterocycles. The molecule has 258 valence electrons. The number of furan rings is 1. The molecule has 0 aliphatic carbocycles. The largest absolute Gasteiger partial charge is 0.455 e. The van der Waals surface area contributed by atoms with Gasteiger partial charge in [-0.05, 0) is 63.2 Å². The summed E-state index contributed by atoms with van der Waals surface area (Å²) in [4.78, 5) is 15.5. The highest BCUT2D eigenvalue weighted by atomic mass is 16.3. The Bertz CT molecular complexity index is 2940. The number of para-hydroxylation sites is 1. The highest BCUT2D eigenvalue weighted by Gasteiger charge is 2.21.